The summed E-state index contributed by atoms with van der Waals surface area (Å²) in [4.78, 5) is 51.9. The largest absolute Gasteiger partial charge is 0.465 e. The van der Waals surface area contributed by atoms with Gasteiger partial charge < -0.3 is 25.4 Å². The van der Waals surface area contributed by atoms with Gasteiger partial charge in [0.2, 0.25) is 0 Å². The third-order valence-electron chi connectivity index (χ3n) is 5.40. The molecule has 3 N–H and O–H groups in total. The molecule has 3 rings (SSSR count). The Bertz CT molecular complexity index is 791. The number of fused-ring (bicyclic) bond motifs is 5. The van der Waals surface area contributed by atoms with E-state index < -0.39 is 41.6 Å². The van der Waals surface area contributed by atoms with E-state index in [9.17, 15) is 19.2 Å². The molecule has 0 aliphatic carbocycles. The number of esters is 2. The number of rotatable bonds is 4. The average Bonchev–Trinajstić information content (AvgIpc) is 2.78. The maximum Gasteiger partial charge on any atom is 0.335 e. The smallest absolute Gasteiger partial charge is 0.335 e. The van der Waals surface area contributed by atoms with E-state index in [0.29, 0.717) is 5.70 Å². The van der Waals surface area contributed by atoms with Crippen LogP contribution in [0.3, 0.4) is 0 Å². The number of nitrogens with one attached hydrogen (secondary N) is 3. The molecule has 0 unspecified atom stereocenters. The average molecular weight is 392 g/mol. The topological polar surface area (TPSA) is 126 Å². The van der Waals surface area contributed by atoms with E-state index in [2.05, 4.69) is 22.5 Å². The number of nitrogens with zero attached hydrogens (tertiary/aromatic N) is 1. The molecule has 0 radical (unpaired) electrons. The standard InChI is InChI=1S/C18H24N4O6/c1-5-27-14(23)11-7-12-18(15(24)28-6-2)8-13(21-16(25)20-10(18)4)22(12)17(26)19-9(11)3/h12-13H,4-8H2,1-3H3,(H,19,26)(H2,20,21,25)/t12-,13+,18+/m0/s1. The molecule has 0 aromatic carbocycles. The Labute approximate surface area is 162 Å². The normalized spacial score (nSPS) is 29.1. The monoisotopic (exact) mass is 392 g/mol. The van der Waals surface area contributed by atoms with Gasteiger partial charge in [0, 0.05) is 24.2 Å². The maximum atomic E-state index is 13.1. The number of urea groups is 2. The lowest BCUT2D eigenvalue weighted by Crippen LogP contribution is -2.58. The van der Waals surface area contributed by atoms with Crippen molar-refractivity contribution in [2.45, 2.75) is 45.8 Å². The molecule has 0 aromatic heterocycles. The Morgan fingerprint density at radius 2 is 1.89 bits per heavy atom. The van der Waals surface area contributed by atoms with Crippen LogP contribution in [0.25, 0.3) is 0 Å². The zero-order chi connectivity index (χ0) is 20.6. The SMILES string of the molecule is C=C1NC(=O)N[C@H]2C[C@]1(C(=O)OCC)[C@@H]1CC(C(=O)OCC)=C(C)NC(=O)N21. The molecule has 3 aliphatic heterocycles. The lowest BCUT2D eigenvalue weighted by atomic mass is 9.74. The number of hydrogen-bond donors (Lipinski definition) is 3. The number of hydrogen-bond acceptors (Lipinski definition) is 6. The summed E-state index contributed by atoms with van der Waals surface area (Å²) in [6.45, 7) is 9.14. The molecule has 10 nitrogen and oxygen atoms in total. The Morgan fingerprint density at radius 3 is 2.54 bits per heavy atom. The molecule has 3 heterocycles. The second kappa shape index (κ2) is 7.17. The van der Waals surface area contributed by atoms with Crippen molar-refractivity contribution in [3.8, 4) is 0 Å². The predicted molar refractivity (Wildman–Crippen MR) is 96.4 cm³/mol. The highest BCUT2D eigenvalue weighted by Crippen LogP contribution is 2.49. The van der Waals surface area contributed by atoms with E-state index >= 15 is 0 Å². The fourth-order valence-electron chi connectivity index (χ4n) is 4.13. The van der Waals surface area contributed by atoms with Crippen LogP contribution in [0.4, 0.5) is 9.59 Å². The highest BCUT2D eigenvalue weighted by molar-refractivity contribution is 5.94. The van der Waals surface area contributed by atoms with Gasteiger partial charge in [-0.2, -0.15) is 0 Å². The number of carbonyl (C=O) groups excluding carboxylic acids is 4. The molecule has 28 heavy (non-hydrogen) atoms. The van der Waals surface area contributed by atoms with Crippen molar-refractivity contribution in [2.24, 2.45) is 5.41 Å². The van der Waals surface area contributed by atoms with Gasteiger partial charge in [0.15, 0.2) is 0 Å². The fraction of sp³-hybridized carbons (Fsp3) is 0.556. The molecule has 2 bridgehead atoms. The maximum absolute atomic E-state index is 13.1. The quantitative estimate of drug-likeness (QED) is 0.605. The molecule has 4 amide bonds. The van der Waals surface area contributed by atoms with Crippen molar-refractivity contribution in [1.82, 2.24) is 20.9 Å². The third-order valence-corrected chi connectivity index (χ3v) is 5.40. The van der Waals surface area contributed by atoms with E-state index in [1.165, 1.54) is 4.90 Å². The van der Waals surface area contributed by atoms with Crippen molar-refractivity contribution >= 4 is 24.0 Å². The highest BCUT2D eigenvalue weighted by Gasteiger charge is 2.63. The summed E-state index contributed by atoms with van der Waals surface area (Å²) in [5.74, 6) is -1.17. The van der Waals surface area contributed by atoms with Crippen molar-refractivity contribution in [1.29, 1.82) is 0 Å². The number of allylic oxidation sites excluding steroid dienone is 1. The molecule has 0 aromatic rings. The van der Waals surface area contributed by atoms with Crippen LogP contribution in [-0.4, -0.2) is 54.3 Å². The van der Waals surface area contributed by atoms with Crippen LogP contribution >= 0.6 is 0 Å². The van der Waals surface area contributed by atoms with Crippen molar-refractivity contribution in [2.75, 3.05) is 13.2 Å². The van der Waals surface area contributed by atoms with Crippen molar-refractivity contribution in [3.05, 3.63) is 23.5 Å². The summed E-state index contributed by atoms with van der Waals surface area (Å²) in [6.07, 6.45) is -0.616. The first-order valence-electron chi connectivity index (χ1n) is 9.16. The van der Waals surface area contributed by atoms with E-state index in [1.807, 2.05) is 0 Å². The molecule has 2 saturated heterocycles. The van der Waals surface area contributed by atoms with Crippen LogP contribution in [0.1, 0.15) is 33.6 Å². The van der Waals surface area contributed by atoms with Gasteiger partial charge in [-0.15, -0.1) is 0 Å². The first-order chi connectivity index (χ1) is 13.3. The highest BCUT2D eigenvalue weighted by atomic mass is 16.5. The first-order valence-corrected chi connectivity index (χ1v) is 9.16. The van der Waals surface area contributed by atoms with Crippen LogP contribution < -0.4 is 16.0 Å². The summed E-state index contributed by atoms with van der Waals surface area (Å²) in [7, 11) is 0. The zero-order valence-corrected chi connectivity index (χ0v) is 16.1. The minimum Gasteiger partial charge on any atom is -0.465 e. The van der Waals surface area contributed by atoms with Gasteiger partial charge in [0.1, 0.15) is 11.6 Å². The van der Waals surface area contributed by atoms with Crippen LogP contribution in [0.5, 0.6) is 0 Å². The third kappa shape index (κ3) is 2.88. The molecular weight excluding hydrogens is 368 g/mol. The molecule has 3 aliphatic rings. The van der Waals surface area contributed by atoms with Gasteiger partial charge in [-0.1, -0.05) is 6.58 Å². The first kappa shape index (κ1) is 19.7. The molecule has 0 saturated carbocycles. The van der Waals surface area contributed by atoms with E-state index in [1.54, 1.807) is 20.8 Å². The summed E-state index contributed by atoms with van der Waals surface area (Å²) in [6, 6.07) is -1.87. The predicted octanol–water partition coefficient (Wildman–Crippen LogP) is 0.713. The summed E-state index contributed by atoms with van der Waals surface area (Å²) >= 11 is 0. The van der Waals surface area contributed by atoms with Crippen molar-refractivity contribution < 1.29 is 28.7 Å². The second-order valence-electron chi connectivity index (χ2n) is 6.87. The Morgan fingerprint density at radius 1 is 1.21 bits per heavy atom. The second-order valence-corrected chi connectivity index (χ2v) is 6.87. The van der Waals surface area contributed by atoms with Crippen LogP contribution in [0.2, 0.25) is 0 Å². The van der Waals surface area contributed by atoms with Gasteiger partial charge in [-0.3, -0.25) is 9.69 Å². The van der Waals surface area contributed by atoms with E-state index in [0.717, 1.165) is 0 Å². The summed E-state index contributed by atoms with van der Waals surface area (Å²) < 4.78 is 10.4. The molecule has 2 fully saturated rings. The minimum atomic E-state index is -1.39. The van der Waals surface area contributed by atoms with Gasteiger partial charge in [-0.05, 0) is 20.8 Å². The van der Waals surface area contributed by atoms with E-state index in [-0.39, 0.29) is 37.3 Å². The lowest BCUT2D eigenvalue weighted by Gasteiger charge is -2.37. The molecule has 152 valence electrons. The van der Waals surface area contributed by atoms with Gasteiger partial charge in [0.05, 0.1) is 24.8 Å². The fourth-order valence-corrected chi connectivity index (χ4v) is 4.13. The van der Waals surface area contributed by atoms with Gasteiger partial charge in [0.25, 0.3) is 0 Å². The van der Waals surface area contributed by atoms with E-state index in [4.69, 9.17) is 9.47 Å². The molecule has 10 heteroatoms. The zero-order valence-electron chi connectivity index (χ0n) is 16.1. The Hall–Kier alpha value is -3.04. The summed E-state index contributed by atoms with van der Waals surface area (Å²) in [5.41, 5.74) is -0.649. The molecule has 0 spiro atoms. The Balaban J connectivity index is 2.13. The van der Waals surface area contributed by atoms with Crippen LogP contribution in [0.15, 0.2) is 23.5 Å². The Kier molecular flexibility index (Phi) is 5.05. The van der Waals surface area contributed by atoms with Gasteiger partial charge >= 0.3 is 24.0 Å². The van der Waals surface area contributed by atoms with Gasteiger partial charge in [-0.25, -0.2) is 14.4 Å². The minimum absolute atomic E-state index is 0.0509. The van der Waals surface area contributed by atoms with Crippen LogP contribution in [0, 0.1) is 5.41 Å². The van der Waals surface area contributed by atoms with Crippen LogP contribution in [-0.2, 0) is 19.1 Å². The lowest BCUT2D eigenvalue weighted by molar-refractivity contribution is -0.154. The molecule has 3 atom stereocenters. The number of ether oxygens (including phenoxy) is 2. The van der Waals surface area contributed by atoms with Crippen molar-refractivity contribution in [3.63, 3.8) is 0 Å². The summed E-state index contributed by atoms with van der Waals surface area (Å²) in [5, 5.41) is 7.91. The molecular formula is C18H24N4O6. The number of amides is 4. The number of carbonyl (C=O) groups is 4.